The van der Waals surface area contributed by atoms with Gasteiger partial charge in [0, 0.05) is 21.1 Å². The van der Waals surface area contributed by atoms with Crippen LogP contribution in [0.15, 0.2) is 9.63 Å². The summed E-state index contributed by atoms with van der Waals surface area (Å²) in [5, 5.41) is 7.22. The molecule has 13 heavy (non-hydrogen) atoms. The Labute approximate surface area is 84.7 Å². The second kappa shape index (κ2) is 3.35. The summed E-state index contributed by atoms with van der Waals surface area (Å²) in [6.45, 7) is 0. The van der Waals surface area contributed by atoms with Gasteiger partial charge in [0.05, 0.1) is 0 Å². The normalized spacial score (nSPS) is 12.4. The van der Waals surface area contributed by atoms with E-state index in [1.54, 1.807) is 0 Å². The van der Waals surface area contributed by atoms with E-state index in [1.165, 1.54) is 25.8 Å². The maximum absolute atomic E-state index is 11.6. The van der Waals surface area contributed by atoms with E-state index in [-0.39, 0.29) is 9.63 Å². The van der Waals surface area contributed by atoms with Crippen LogP contribution in [0.4, 0.5) is 0 Å². The van der Waals surface area contributed by atoms with Gasteiger partial charge in [0.25, 0.3) is 10.0 Å². The second-order valence-electron chi connectivity index (χ2n) is 2.60. The van der Waals surface area contributed by atoms with Gasteiger partial charge in [0.15, 0.2) is 4.60 Å². The molecule has 0 atom stereocenters. The average molecular weight is 269 g/mol. The molecule has 0 bridgehead atoms. The van der Waals surface area contributed by atoms with Crippen molar-refractivity contribution in [2.45, 2.75) is 5.03 Å². The molecule has 74 valence electrons. The van der Waals surface area contributed by atoms with Gasteiger partial charge in [-0.3, -0.25) is 0 Å². The minimum atomic E-state index is -3.47. The maximum atomic E-state index is 11.6. The van der Waals surface area contributed by atoms with Crippen LogP contribution in [-0.4, -0.2) is 41.8 Å². The fraction of sp³-hybridized carbons (Fsp3) is 0.600. The highest BCUT2D eigenvalue weighted by atomic mass is 79.9. The molecule has 0 N–H and O–H groups in total. The molecule has 0 aliphatic rings. The first-order chi connectivity index (χ1) is 5.87. The van der Waals surface area contributed by atoms with E-state index in [4.69, 9.17) is 0 Å². The zero-order valence-corrected chi connectivity index (χ0v) is 9.79. The highest BCUT2D eigenvalue weighted by molar-refractivity contribution is 9.10. The van der Waals surface area contributed by atoms with Crippen molar-refractivity contribution in [3.8, 4) is 0 Å². The Hall–Kier alpha value is -0.470. The molecule has 1 aromatic heterocycles. The lowest BCUT2D eigenvalue weighted by molar-refractivity contribution is 0.505. The minimum Gasteiger partial charge on any atom is -0.235 e. The average Bonchev–Trinajstić information content (AvgIpc) is 2.30. The summed E-state index contributed by atoms with van der Waals surface area (Å²) in [6.07, 6.45) is 0. The third kappa shape index (κ3) is 1.74. The number of hydrogen-bond donors (Lipinski definition) is 0. The van der Waals surface area contributed by atoms with Gasteiger partial charge in [0.1, 0.15) is 0 Å². The third-order valence-corrected chi connectivity index (χ3v) is 4.17. The van der Waals surface area contributed by atoms with Gasteiger partial charge in [0.2, 0.25) is 5.03 Å². The lowest BCUT2D eigenvalue weighted by atomic mass is 10.9. The fourth-order valence-corrected chi connectivity index (χ4v) is 2.68. The maximum Gasteiger partial charge on any atom is 0.262 e. The van der Waals surface area contributed by atoms with Crippen molar-refractivity contribution in [2.75, 3.05) is 14.1 Å². The summed E-state index contributed by atoms with van der Waals surface area (Å²) in [6, 6.07) is 0. The van der Waals surface area contributed by atoms with Crippen LogP contribution >= 0.6 is 15.9 Å². The molecule has 0 saturated carbocycles. The van der Waals surface area contributed by atoms with Crippen molar-refractivity contribution in [1.29, 1.82) is 0 Å². The molecule has 6 nitrogen and oxygen atoms in total. The Balaban J connectivity index is 3.38. The van der Waals surface area contributed by atoms with Crippen LogP contribution in [0.5, 0.6) is 0 Å². The lowest BCUT2D eigenvalue weighted by Gasteiger charge is -2.10. The van der Waals surface area contributed by atoms with Gasteiger partial charge < -0.3 is 0 Å². The molecule has 0 aliphatic carbocycles. The summed E-state index contributed by atoms with van der Waals surface area (Å²) in [5.74, 6) is 0. The van der Waals surface area contributed by atoms with Gasteiger partial charge in [-0.05, 0) is 15.9 Å². The summed E-state index contributed by atoms with van der Waals surface area (Å²) < 4.78 is 25.8. The SMILES string of the molecule is CN(C)S(=O)(=O)c1c(Br)nnn1C. The molecule has 1 rings (SSSR count). The number of rotatable bonds is 2. The largest absolute Gasteiger partial charge is 0.262 e. The zero-order valence-electron chi connectivity index (χ0n) is 7.39. The molecule has 0 spiro atoms. The molecule has 0 unspecified atom stereocenters. The number of hydrogen-bond acceptors (Lipinski definition) is 4. The topological polar surface area (TPSA) is 68.1 Å². The first kappa shape index (κ1) is 10.6. The van der Waals surface area contributed by atoms with E-state index in [9.17, 15) is 8.42 Å². The van der Waals surface area contributed by atoms with Crippen molar-refractivity contribution in [3.05, 3.63) is 4.60 Å². The first-order valence-electron chi connectivity index (χ1n) is 3.35. The molecular formula is C5H9BrN4O2S. The van der Waals surface area contributed by atoms with E-state index < -0.39 is 10.0 Å². The zero-order chi connectivity index (χ0) is 10.2. The fourth-order valence-electron chi connectivity index (χ4n) is 0.770. The number of sulfonamides is 1. The molecular weight excluding hydrogens is 260 g/mol. The molecule has 1 aromatic rings. The van der Waals surface area contributed by atoms with Crippen LogP contribution in [0.25, 0.3) is 0 Å². The standard InChI is InChI=1S/C5H9BrN4O2S/c1-9(2)13(11,12)5-4(6)7-8-10(5)3/h1-3H3. The number of aromatic nitrogens is 3. The van der Waals surface area contributed by atoms with Gasteiger partial charge >= 0.3 is 0 Å². The van der Waals surface area contributed by atoms with Gasteiger partial charge in [-0.2, -0.15) is 0 Å². The predicted octanol–water partition coefficient (Wildman–Crippen LogP) is -0.172. The number of nitrogens with zero attached hydrogens (tertiary/aromatic N) is 4. The highest BCUT2D eigenvalue weighted by Crippen LogP contribution is 2.19. The van der Waals surface area contributed by atoms with Crippen molar-refractivity contribution in [3.63, 3.8) is 0 Å². The molecule has 0 saturated heterocycles. The third-order valence-electron chi connectivity index (χ3n) is 1.46. The minimum absolute atomic E-state index is 0.0532. The van der Waals surface area contributed by atoms with Gasteiger partial charge in [-0.15, -0.1) is 5.10 Å². The number of aryl methyl sites for hydroxylation is 1. The Kier molecular flexibility index (Phi) is 2.74. The molecule has 0 fully saturated rings. The van der Waals surface area contributed by atoms with Crippen molar-refractivity contribution in [2.24, 2.45) is 7.05 Å². The van der Waals surface area contributed by atoms with Crippen LogP contribution in [-0.2, 0) is 17.1 Å². The lowest BCUT2D eigenvalue weighted by Crippen LogP contribution is -2.24. The van der Waals surface area contributed by atoms with Crippen LogP contribution < -0.4 is 0 Å². The van der Waals surface area contributed by atoms with E-state index in [1.807, 2.05) is 0 Å². The van der Waals surface area contributed by atoms with Crippen LogP contribution in [0, 0.1) is 0 Å². The Morgan fingerprint density at radius 1 is 1.46 bits per heavy atom. The van der Waals surface area contributed by atoms with Crippen molar-refractivity contribution in [1.82, 2.24) is 19.3 Å². The Bertz CT molecular complexity index is 391. The van der Waals surface area contributed by atoms with Crippen LogP contribution in [0.1, 0.15) is 0 Å². The Morgan fingerprint density at radius 2 is 2.00 bits per heavy atom. The predicted molar refractivity (Wildman–Crippen MR) is 49.6 cm³/mol. The van der Waals surface area contributed by atoms with Gasteiger partial charge in [-0.1, -0.05) is 5.21 Å². The van der Waals surface area contributed by atoms with Crippen molar-refractivity contribution >= 4 is 26.0 Å². The van der Waals surface area contributed by atoms with E-state index in [0.29, 0.717) is 0 Å². The summed E-state index contributed by atoms with van der Waals surface area (Å²) >= 11 is 3.02. The Morgan fingerprint density at radius 3 is 2.31 bits per heavy atom. The first-order valence-corrected chi connectivity index (χ1v) is 5.58. The molecule has 0 aliphatic heterocycles. The smallest absolute Gasteiger partial charge is 0.235 e. The van der Waals surface area contributed by atoms with Crippen LogP contribution in [0.3, 0.4) is 0 Å². The van der Waals surface area contributed by atoms with E-state index in [0.717, 1.165) is 4.31 Å². The van der Waals surface area contributed by atoms with Crippen LogP contribution in [0.2, 0.25) is 0 Å². The molecule has 8 heteroatoms. The molecule has 0 aromatic carbocycles. The molecule has 0 radical (unpaired) electrons. The number of halogens is 1. The quantitative estimate of drug-likeness (QED) is 0.747. The van der Waals surface area contributed by atoms with E-state index >= 15 is 0 Å². The van der Waals surface area contributed by atoms with Gasteiger partial charge in [-0.25, -0.2) is 17.4 Å². The summed E-state index contributed by atoms with van der Waals surface area (Å²) in [7, 11) is 0.958. The van der Waals surface area contributed by atoms with E-state index in [2.05, 4.69) is 26.2 Å². The van der Waals surface area contributed by atoms with Crippen molar-refractivity contribution < 1.29 is 8.42 Å². The highest BCUT2D eigenvalue weighted by Gasteiger charge is 2.25. The summed E-state index contributed by atoms with van der Waals surface area (Å²) in [4.78, 5) is 0. The molecule has 1 heterocycles. The monoisotopic (exact) mass is 268 g/mol. The second-order valence-corrected chi connectivity index (χ2v) is 5.41. The summed E-state index contributed by atoms with van der Waals surface area (Å²) in [5.41, 5.74) is 0. The molecule has 0 amide bonds.